The molecule has 39 heavy (non-hydrogen) atoms. The minimum Gasteiger partial charge on any atom is -0.481 e. The van der Waals surface area contributed by atoms with E-state index in [4.69, 9.17) is 5.11 Å². The van der Waals surface area contributed by atoms with Gasteiger partial charge in [-0.1, -0.05) is 42.5 Å². The second-order valence-electron chi connectivity index (χ2n) is 9.55. The molecule has 1 aromatic heterocycles. The van der Waals surface area contributed by atoms with Crippen molar-refractivity contribution in [1.82, 2.24) is 10.3 Å². The number of aliphatic carboxylic acids is 1. The molecule has 1 fully saturated rings. The molecule has 0 atom stereocenters. The Labute approximate surface area is 227 Å². The fraction of sp³-hybridized carbons (Fsp3) is 0.357. The van der Waals surface area contributed by atoms with E-state index < -0.39 is 28.6 Å². The maximum absolute atomic E-state index is 13.5. The van der Waals surface area contributed by atoms with Gasteiger partial charge in [0.1, 0.15) is 9.88 Å². The second kappa shape index (κ2) is 12.4. The van der Waals surface area contributed by atoms with E-state index in [-0.39, 0.29) is 36.2 Å². The first-order valence-electron chi connectivity index (χ1n) is 12.6. The number of carboxylic acids is 1. The molecule has 0 bridgehead atoms. The van der Waals surface area contributed by atoms with Gasteiger partial charge in [0.2, 0.25) is 5.91 Å². The number of halogens is 3. The predicted molar refractivity (Wildman–Crippen MR) is 142 cm³/mol. The number of aromatic nitrogens is 1. The summed E-state index contributed by atoms with van der Waals surface area (Å²) in [6.07, 6.45) is -1.11. The number of carbonyl (C=O) groups excluding carboxylic acids is 2. The Bertz CT molecular complexity index is 1300. The molecule has 2 amide bonds. The van der Waals surface area contributed by atoms with Crippen molar-refractivity contribution in [2.75, 3.05) is 11.9 Å². The van der Waals surface area contributed by atoms with Gasteiger partial charge >= 0.3 is 12.1 Å². The fourth-order valence-corrected chi connectivity index (χ4v) is 5.76. The molecule has 206 valence electrons. The van der Waals surface area contributed by atoms with E-state index in [0.717, 1.165) is 31.2 Å². The molecule has 3 aromatic rings. The molecule has 0 radical (unpaired) electrons. The standard InChI is InChI=1S/C28H28F3N3O4S/c29-28(30,31)25-24(39-27(34-25)20-4-2-1-3-5-20)26(38)32-15-14-22(35)33-21-12-10-19(11-13-21)18-8-6-17(7-9-18)16-23(36)37/h1-5,10-13,17-18H,6-9,14-16H2,(H,32,38)(H,33,35)(H,36,37). The third-order valence-corrected chi connectivity index (χ3v) is 7.84. The van der Waals surface area contributed by atoms with Gasteiger partial charge in [-0.05, 0) is 55.2 Å². The lowest BCUT2D eigenvalue weighted by molar-refractivity contribution is -0.141. The van der Waals surface area contributed by atoms with Crippen LogP contribution in [0.1, 0.15) is 65.4 Å². The third-order valence-electron chi connectivity index (χ3n) is 6.74. The van der Waals surface area contributed by atoms with Crippen molar-refractivity contribution in [1.29, 1.82) is 0 Å². The third kappa shape index (κ3) is 7.66. The minimum atomic E-state index is -4.79. The van der Waals surface area contributed by atoms with Crippen molar-refractivity contribution in [3.05, 3.63) is 70.7 Å². The van der Waals surface area contributed by atoms with Gasteiger partial charge in [0.25, 0.3) is 5.91 Å². The van der Waals surface area contributed by atoms with Crippen molar-refractivity contribution in [3.8, 4) is 10.6 Å². The Morgan fingerprint density at radius 1 is 0.974 bits per heavy atom. The maximum atomic E-state index is 13.5. The molecule has 1 saturated carbocycles. The molecule has 3 N–H and O–H groups in total. The number of rotatable bonds is 9. The summed E-state index contributed by atoms with van der Waals surface area (Å²) in [5.74, 6) is -1.50. The van der Waals surface area contributed by atoms with E-state index in [9.17, 15) is 27.6 Å². The average Bonchev–Trinajstić information content (AvgIpc) is 3.37. The van der Waals surface area contributed by atoms with Crippen LogP contribution in [0.2, 0.25) is 0 Å². The quantitative estimate of drug-likeness (QED) is 0.284. The van der Waals surface area contributed by atoms with E-state index >= 15 is 0 Å². The summed E-state index contributed by atoms with van der Waals surface area (Å²) in [7, 11) is 0. The van der Waals surface area contributed by atoms with E-state index in [1.54, 1.807) is 42.5 Å². The van der Waals surface area contributed by atoms with Gasteiger partial charge in [0, 0.05) is 30.6 Å². The number of hydrogen-bond donors (Lipinski definition) is 3. The van der Waals surface area contributed by atoms with Crippen molar-refractivity contribution < 1.29 is 32.7 Å². The molecule has 1 aliphatic carbocycles. The van der Waals surface area contributed by atoms with Gasteiger partial charge in [-0.25, -0.2) is 4.98 Å². The normalized spacial score (nSPS) is 17.4. The first-order chi connectivity index (χ1) is 18.6. The Kier molecular flexibility index (Phi) is 9.01. The van der Waals surface area contributed by atoms with Gasteiger partial charge < -0.3 is 15.7 Å². The van der Waals surface area contributed by atoms with Crippen molar-refractivity contribution in [3.63, 3.8) is 0 Å². The van der Waals surface area contributed by atoms with Crippen LogP contribution >= 0.6 is 11.3 Å². The zero-order valence-electron chi connectivity index (χ0n) is 21.0. The van der Waals surface area contributed by atoms with Gasteiger partial charge in [-0.2, -0.15) is 13.2 Å². The van der Waals surface area contributed by atoms with E-state index in [2.05, 4.69) is 15.6 Å². The number of hydrogen-bond acceptors (Lipinski definition) is 5. The predicted octanol–water partition coefficient (Wildman–Crippen LogP) is 6.34. The van der Waals surface area contributed by atoms with Gasteiger partial charge in [0.15, 0.2) is 5.69 Å². The largest absolute Gasteiger partial charge is 0.481 e. The molecule has 4 rings (SSSR count). The summed E-state index contributed by atoms with van der Waals surface area (Å²) in [6, 6.07) is 15.7. The smallest absolute Gasteiger partial charge is 0.435 e. The van der Waals surface area contributed by atoms with Gasteiger partial charge in [0.05, 0.1) is 0 Å². The van der Waals surface area contributed by atoms with Gasteiger partial charge in [-0.3, -0.25) is 14.4 Å². The molecule has 2 aromatic carbocycles. The average molecular weight is 560 g/mol. The maximum Gasteiger partial charge on any atom is 0.435 e. The lowest BCUT2D eigenvalue weighted by atomic mass is 9.77. The summed E-state index contributed by atoms with van der Waals surface area (Å²) >= 11 is 0.655. The van der Waals surface area contributed by atoms with Crippen molar-refractivity contribution in [2.45, 2.75) is 50.6 Å². The number of anilines is 1. The highest BCUT2D eigenvalue weighted by Gasteiger charge is 2.39. The van der Waals surface area contributed by atoms with Crippen LogP contribution in [0, 0.1) is 5.92 Å². The second-order valence-corrected chi connectivity index (χ2v) is 10.6. The minimum absolute atomic E-state index is 0.0857. The number of benzene rings is 2. The lowest BCUT2D eigenvalue weighted by Gasteiger charge is -2.28. The number of amides is 2. The highest BCUT2D eigenvalue weighted by molar-refractivity contribution is 7.17. The van der Waals surface area contributed by atoms with Gasteiger partial charge in [-0.15, -0.1) is 11.3 Å². The zero-order valence-corrected chi connectivity index (χ0v) is 21.8. The van der Waals surface area contributed by atoms with Crippen molar-refractivity contribution in [2.24, 2.45) is 5.92 Å². The Morgan fingerprint density at radius 3 is 2.26 bits per heavy atom. The number of nitrogens with zero attached hydrogens (tertiary/aromatic N) is 1. The molecule has 7 nitrogen and oxygen atoms in total. The van der Waals surface area contributed by atoms with Crippen LogP contribution in [0.4, 0.5) is 18.9 Å². The number of alkyl halides is 3. The van der Waals surface area contributed by atoms with E-state index in [0.29, 0.717) is 28.5 Å². The summed E-state index contributed by atoms with van der Waals surface area (Å²) in [5, 5.41) is 14.2. The van der Waals surface area contributed by atoms with E-state index in [1.807, 2.05) is 12.1 Å². The molecular formula is C28H28F3N3O4S. The summed E-state index contributed by atoms with van der Waals surface area (Å²) in [6.45, 7) is -0.141. The topological polar surface area (TPSA) is 108 Å². The van der Waals surface area contributed by atoms with Crippen LogP contribution < -0.4 is 10.6 Å². The van der Waals surface area contributed by atoms with Crippen LogP contribution in [0.15, 0.2) is 54.6 Å². The first-order valence-corrected chi connectivity index (χ1v) is 13.4. The zero-order chi connectivity index (χ0) is 28.0. The molecule has 1 heterocycles. The molecule has 1 aliphatic rings. The Hall–Kier alpha value is -3.73. The highest BCUT2D eigenvalue weighted by Crippen LogP contribution is 2.38. The van der Waals surface area contributed by atoms with Crippen LogP contribution in [0.25, 0.3) is 10.6 Å². The molecule has 0 spiro atoms. The monoisotopic (exact) mass is 559 g/mol. The number of carbonyl (C=O) groups is 3. The Morgan fingerprint density at radius 2 is 1.64 bits per heavy atom. The number of thiazole rings is 1. The molecule has 0 aliphatic heterocycles. The number of carboxylic acid groups (broad SMARTS) is 1. The highest BCUT2D eigenvalue weighted by atomic mass is 32.1. The van der Waals surface area contributed by atoms with Crippen molar-refractivity contribution >= 4 is 34.8 Å². The van der Waals surface area contributed by atoms with Crippen LogP contribution in [-0.2, 0) is 15.8 Å². The molecule has 11 heteroatoms. The van der Waals surface area contributed by atoms with Crippen LogP contribution in [-0.4, -0.2) is 34.4 Å². The first kappa shape index (κ1) is 28.3. The summed E-state index contributed by atoms with van der Waals surface area (Å²) in [5.41, 5.74) is 0.935. The molecule has 0 unspecified atom stereocenters. The summed E-state index contributed by atoms with van der Waals surface area (Å²) < 4.78 is 40.6. The molecular weight excluding hydrogens is 531 g/mol. The van der Waals surface area contributed by atoms with Crippen LogP contribution in [0.5, 0.6) is 0 Å². The van der Waals surface area contributed by atoms with E-state index in [1.165, 1.54) is 0 Å². The molecule has 0 saturated heterocycles. The Balaban J connectivity index is 1.27. The lowest BCUT2D eigenvalue weighted by Crippen LogP contribution is -2.28. The fourth-order valence-electron chi connectivity index (χ4n) is 4.75. The van der Waals surface area contributed by atoms with Crippen LogP contribution in [0.3, 0.4) is 0 Å². The SMILES string of the molecule is O=C(O)CC1CCC(c2ccc(NC(=O)CCNC(=O)c3sc(-c4ccccc4)nc3C(F)(F)F)cc2)CC1. The summed E-state index contributed by atoms with van der Waals surface area (Å²) in [4.78, 5) is 38.9. The number of nitrogens with one attached hydrogen (secondary N) is 2.